The van der Waals surface area contributed by atoms with Crippen LogP contribution in [0.1, 0.15) is 28.4 Å². The fourth-order valence-corrected chi connectivity index (χ4v) is 6.29. The summed E-state index contributed by atoms with van der Waals surface area (Å²) in [5.41, 5.74) is 8.71. The first-order valence-electron chi connectivity index (χ1n) is 11.2. The number of nitrogens with zero attached hydrogens (tertiary/aromatic N) is 2. The van der Waals surface area contributed by atoms with Crippen LogP contribution in [0, 0.1) is 0 Å². The van der Waals surface area contributed by atoms with Crippen LogP contribution in [0.2, 0.25) is 0 Å². The lowest BCUT2D eigenvalue weighted by Crippen LogP contribution is -2.36. The van der Waals surface area contributed by atoms with Gasteiger partial charge in [0, 0.05) is 18.7 Å². The van der Waals surface area contributed by atoms with Gasteiger partial charge in [0.05, 0.1) is 16.2 Å². The van der Waals surface area contributed by atoms with E-state index in [2.05, 4.69) is 15.8 Å². The topological polar surface area (TPSA) is 101 Å². The van der Waals surface area contributed by atoms with Crippen molar-refractivity contribution in [1.82, 2.24) is 14.7 Å². The molecule has 0 fully saturated rings. The van der Waals surface area contributed by atoms with Crippen molar-refractivity contribution in [3.05, 3.63) is 83.4 Å². The Morgan fingerprint density at radius 3 is 2.60 bits per heavy atom. The smallest absolute Gasteiger partial charge is 0.269 e. The molecule has 8 nitrogen and oxygen atoms in total. The van der Waals surface area contributed by atoms with E-state index in [9.17, 15) is 13.2 Å². The number of hydrogen-bond acceptors (Lipinski definition) is 7. The number of para-hydroxylation sites is 1. The van der Waals surface area contributed by atoms with E-state index < -0.39 is 15.9 Å². The van der Waals surface area contributed by atoms with E-state index in [1.807, 2.05) is 49.4 Å². The fraction of sp³-hybridized carbons (Fsp3) is 0.200. The number of thiazole rings is 1. The van der Waals surface area contributed by atoms with Crippen LogP contribution >= 0.6 is 11.3 Å². The summed E-state index contributed by atoms with van der Waals surface area (Å²) >= 11 is 1.39. The molecule has 0 bridgehead atoms. The van der Waals surface area contributed by atoms with E-state index in [0.717, 1.165) is 15.8 Å². The van der Waals surface area contributed by atoms with Crippen molar-refractivity contribution < 1.29 is 17.9 Å². The molecule has 1 amide bonds. The first-order chi connectivity index (χ1) is 17.0. The van der Waals surface area contributed by atoms with E-state index in [1.165, 1.54) is 45.5 Å². The number of rotatable bonds is 7. The van der Waals surface area contributed by atoms with Crippen LogP contribution in [0.5, 0.6) is 5.75 Å². The molecule has 1 aliphatic rings. The number of aromatic nitrogens is 1. The number of nitrogens with one attached hydrogen (secondary N) is 2. The van der Waals surface area contributed by atoms with E-state index in [1.54, 1.807) is 0 Å². The molecule has 0 saturated heterocycles. The molecule has 4 aromatic rings. The Bertz CT molecular complexity index is 1480. The van der Waals surface area contributed by atoms with Crippen molar-refractivity contribution in [3.63, 3.8) is 0 Å². The molecule has 3 aromatic carbocycles. The van der Waals surface area contributed by atoms with Gasteiger partial charge in [0.25, 0.3) is 5.91 Å². The highest BCUT2D eigenvalue weighted by atomic mass is 32.2. The Labute approximate surface area is 207 Å². The van der Waals surface area contributed by atoms with Gasteiger partial charge in [0.2, 0.25) is 15.2 Å². The number of hydrogen-bond donors (Lipinski definition) is 2. The molecule has 35 heavy (non-hydrogen) atoms. The van der Waals surface area contributed by atoms with Gasteiger partial charge in [-0.05, 0) is 60.9 Å². The van der Waals surface area contributed by atoms with Gasteiger partial charge in [-0.3, -0.25) is 15.6 Å². The van der Waals surface area contributed by atoms with Crippen LogP contribution in [-0.2, 0) is 23.0 Å². The van der Waals surface area contributed by atoms with E-state index >= 15 is 0 Å². The minimum Gasteiger partial charge on any atom is -0.492 e. The maximum Gasteiger partial charge on any atom is 0.269 e. The number of anilines is 1. The molecule has 0 saturated carbocycles. The van der Waals surface area contributed by atoms with Gasteiger partial charge in [0.15, 0.2) is 0 Å². The van der Waals surface area contributed by atoms with Crippen LogP contribution < -0.4 is 15.6 Å². The third kappa shape index (κ3) is 4.72. The molecule has 10 heteroatoms. The monoisotopic (exact) mass is 508 g/mol. The van der Waals surface area contributed by atoms with Crippen molar-refractivity contribution in [2.45, 2.75) is 24.8 Å². The average Bonchev–Trinajstić information content (AvgIpc) is 3.31. The molecular formula is C25H24N4O4S2. The lowest BCUT2D eigenvalue weighted by atomic mass is 10.0. The molecule has 2 N–H and O–H groups in total. The largest absolute Gasteiger partial charge is 0.492 e. The van der Waals surface area contributed by atoms with Crippen molar-refractivity contribution in [2.24, 2.45) is 0 Å². The molecule has 1 aliphatic heterocycles. The number of carbonyl (C=O) groups excluding carboxylic acids is 1. The number of benzene rings is 3. The van der Waals surface area contributed by atoms with Crippen molar-refractivity contribution in [2.75, 3.05) is 18.6 Å². The molecule has 0 unspecified atom stereocenters. The second-order valence-electron chi connectivity index (χ2n) is 8.02. The number of sulfonamides is 1. The van der Waals surface area contributed by atoms with Crippen molar-refractivity contribution in [1.29, 1.82) is 0 Å². The van der Waals surface area contributed by atoms with E-state index in [4.69, 9.17) is 4.74 Å². The van der Waals surface area contributed by atoms with Gasteiger partial charge in [-0.15, -0.1) is 0 Å². The predicted octanol–water partition coefficient (Wildman–Crippen LogP) is 4.20. The highest BCUT2D eigenvalue weighted by Crippen LogP contribution is 2.32. The molecule has 2 heterocycles. The predicted molar refractivity (Wildman–Crippen MR) is 136 cm³/mol. The first-order valence-corrected chi connectivity index (χ1v) is 13.5. The molecule has 5 rings (SSSR count). The zero-order chi connectivity index (χ0) is 24.4. The Morgan fingerprint density at radius 2 is 1.83 bits per heavy atom. The normalized spacial score (nSPS) is 13.9. The Balaban J connectivity index is 1.25. The third-order valence-electron chi connectivity index (χ3n) is 5.81. The summed E-state index contributed by atoms with van der Waals surface area (Å²) in [5, 5.41) is 0.519. The van der Waals surface area contributed by atoms with Crippen LogP contribution in [0.15, 0.2) is 71.6 Å². The molecule has 0 spiro atoms. The molecule has 0 atom stereocenters. The average molecular weight is 509 g/mol. The summed E-state index contributed by atoms with van der Waals surface area (Å²) in [6.07, 6.45) is 0.680. The highest BCUT2D eigenvalue weighted by Gasteiger charge is 2.28. The minimum absolute atomic E-state index is 0.163. The van der Waals surface area contributed by atoms with Gasteiger partial charge in [0.1, 0.15) is 11.3 Å². The van der Waals surface area contributed by atoms with Crippen molar-refractivity contribution in [3.8, 4) is 5.75 Å². The number of amides is 1. The van der Waals surface area contributed by atoms with Gasteiger partial charge in [-0.25, -0.2) is 13.4 Å². The van der Waals surface area contributed by atoms with E-state index in [-0.39, 0.29) is 4.90 Å². The standard InChI is InChI=1S/C25H24N4O4S2/c1-2-33-21-8-5-9-22-23(21)26-25(34-22)28-27-24(30)18-10-12-20(13-11-18)35(31,32)29-15-14-17-6-3-4-7-19(17)16-29/h3-13H,2,14-16H2,1H3,(H,26,28)(H,27,30). The van der Waals surface area contributed by atoms with E-state index in [0.29, 0.717) is 42.6 Å². The van der Waals surface area contributed by atoms with Crippen LogP contribution in [0.4, 0.5) is 5.13 Å². The van der Waals surface area contributed by atoms with Crippen LogP contribution in [-0.4, -0.2) is 36.8 Å². The van der Waals surface area contributed by atoms with Gasteiger partial charge in [-0.2, -0.15) is 4.31 Å². The SMILES string of the molecule is CCOc1cccc2sc(NNC(=O)c3ccc(S(=O)(=O)N4CCc5ccccc5C4)cc3)nc12. The molecular weight excluding hydrogens is 484 g/mol. The summed E-state index contributed by atoms with van der Waals surface area (Å²) in [6, 6.07) is 19.5. The Kier molecular flexibility index (Phi) is 6.42. The first kappa shape index (κ1) is 23.3. The lowest BCUT2D eigenvalue weighted by Gasteiger charge is -2.28. The van der Waals surface area contributed by atoms with Crippen LogP contribution in [0.3, 0.4) is 0 Å². The maximum absolute atomic E-state index is 13.1. The summed E-state index contributed by atoms with van der Waals surface area (Å²) in [6.45, 7) is 3.22. The van der Waals surface area contributed by atoms with Crippen LogP contribution in [0.25, 0.3) is 10.2 Å². The zero-order valence-electron chi connectivity index (χ0n) is 19.0. The van der Waals surface area contributed by atoms with Crippen molar-refractivity contribution >= 4 is 42.6 Å². The van der Waals surface area contributed by atoms with Gasteiger partial charge < -0.3 is 4.74 Å². The maximum atomic E-state index is 13.1. The lowest BCUT2D eigenvalue weighted by molar-refractivity contribution is 0.0962. The number of ether oxygens (including phenoxy) is 1. The Morgan fingerprint density at radius 1 is 1.06 bits per heavy atom. The molecule has 1 aromatic heterocycles. The molecule has 180 valence electrons. The minimum atomic E-state index is -3.66. The Hall–Kier alpha value is -3.47. The zero-order valence-corrected chi connectivity index (χ0v) is 20.7. The summed E-state index contributed by atoms with van der Waals surface area (Å²) in [4.78, 5) is 17.3. The number of hydrazine groups is 1. The van der Waals surface area contributed by atoms with Gasteiger partial charge in [-0.1, -0.05) is 41.7 Å². The molecule has 0 aliphatic carbocycles. The second kappa shape index (κ2) is 9.65. The summed E-state index contributed by atoms with van der Waals surface area (Å²) in [5.74, 6) is 0.291. The third-order valence-corrected chi connectivity index (χ3v) is 8.61. The highest BCUT2D eigenvalue weighted by molar-refractivity contribution is 7.89. The number of carbonyl (C=O) groups is 1. The number of fused-ring (bicyclic) bond motifs is 2. The second-order valence-corrected chi connectivity index (χ2v) is 11.0. The quantitative estimate of drug-likeness (QED) is 0.363. The fourth-order valence-electron chi connectivity index (χ4n) is 4.03. The summed E-state index contributed by atoms with van der Waals surface area (Å²) in [7, 11) is -3.66. The summed E-state index contributed by atoms with van der Waals surface area (Å²) < 4.78 is 34.3. The molecule has 0 radical (unpaired) electrons. The van der Waals surface area contributed by atoms with Gasteiger partial charge >= 0.3 is 0 Å².